The lowest BCUT2D eigenvalue weighted by atomic mass is 9.94. The maximum Gasteiger partial charge on any atom is 0.204 e. The fourth-order valence-corrected chi connectivity index (χ4v) is 8.09. The highest BCUT2D eigenvalue weighted by atomic mass is 16.4. The van der Waals surface area contributed by atoms with Gasteiger partial charge in [-0.25, -0.2) is 0 Å². The highest BCUT2D eigenvalue weighted by molar-refractivity contribution is 6.24. The highest BCUT2D eigenvalue weighted by Gasteiger charge is 2.15. The van der Waals surface area contributed by atoms with E-state index in [1.54, 1.807) is 0 Å². The molecule has 50 heavy (non-hydrogen) atoms. The summed E-state index contributed by atoms with van der Waals surface area (Å²) in [5.41, 5.74) is 2.35. The molecule has 0 aliphatic rings. The van der Waals surface area contributed by atoms with Gasteiger partial charge in [-0.3, -0.25) is 9.13 Å². The summed E-state index contributed by atoms with van der Waals surface area (Å²) in [6.07, 6.45) is 21.9. The molecule has 4 aromatic heterocycles. The molecule has 4 heteroatoms. The maximum atomic E-state index is 6.35. The first kappa shape index (κ1) is 32.5. The van der Waals surface area contributed by atoms with Crippen molar-refractivity contribution >= 4 is 54.1 Å². The highest BCUT2D eigenvalue weighted by Crippen LogP contribution is 2.38. The summed E-state index contributed by atoms with van der Waals surface area (Å²) in [5.74, 6) is 3.95. The Balaban J connectivity index is 1.05. The van der Waals surface area contributed by atoms with Gasteiger partial charge in [-0.2, -0.15) is 0 Å². The van der Waals surface area contributed by atoms with Crippen LogP contribution in [-0.2, 0) is 12.8 Å². The zero-order valence-electron chi connectivity index (χ0n) is 29.8. The molecule has 4 heterocycles. The van der Waals surface area contributed by atoms with Crippen molar-refractivity contribution < 1.29 is 8.83 Å². The molecule has 0 radical (unpaired) electrons. The number of nitrogens with zero attached hydrogens (tertiary/aromatic N) is 2. The summed E-state index contributed by atoms with van der Waals surface area (Å²) in [4.78, 5) is 0. The van der Waals surface area contributed by atoms with Crippen molar-refractivity contribution in [3.05, 3.63) is 109 Å². The minimum Gasteiger partial charge on any atom is -0.445 e. The largest absolute Gasteiger partial charge is 0.445 e. The SMILES string of the molecule is CCCCCCCCc1ccc(-n2ccc3c4ccc5c(ccc6c5ccc5c6ccn5-c5ccc(CCCCCCCC)o5)c4ccc32)o1. The van der Waals surface area contributed by atoms with Gasteiger partial charge in [0.2, 0.25) is 11.8 Å². The van der Waals surface area contributed by atoms with Crippen LogP contribution >= 0.6 is 0 Å². The van der Waals surface area contributed by atoms with Crippen molar-refractivity contribution in [3.63, 3.8) is 0 Å². The van der Waals surface area contributed by atoms with E-state index in [0.717, 1.165) is 36.1 Å². The lowest BCUT2D eigenvalue weighted by molar-refractivity contribution is 0.478. The molecule has 4 nitrogen and oxygen atoms in total. The molecule has 0 aliphatic carbocycles. The predicted octanol–water partition coefficient (Wildman–Crippen LogP) is 14.0. The lowest BCUT2D eigenvalue weighted by Gasteiger charge is -2.10. The molecule has 0 bridgehead atoms. The van der Waals surface area contributed by atoms with E-state index in [1.165, 1.54) is 131 Å². The molecular weight excluding hydrogens is 613 g/mol. The van der Waals surface area contributed by atoms with Crippen molar-refractivity contribution in [2.75, 3.05) is 0 Å². The average Bonchev–Trinajstić information content (AvgIpc) is 3.97. The van der Waals surface area contributed by atoms with Gasteiger partial charge in [0.15, 0.2) is 0 Å². The smallest absolute Gasteiger partial charge is 0.204 e. The van der Waals surface area contributed by atoms with Gasteiger partial charge in [0.05, 0.1) is 11.0 Å². The molecule has 256 valence electrons. The van der Waals surface area contributed by atoms with E-state index < -0.39 is 0 Å². The lowest BCUT2D eigenvalue weighted by Crippen LogP contribution is -1.90. The van der Waals surface area contributed by atoms with Crippen molar-refractivity contribution in [3.8, 4) is 11.8 Å². The van der Waals surface area contributed by atoms with Crippen LogP contribution in [0.25, 0.3) is 65.9 Å². The first-order valence-corrected chi connectivity index (χ1v) is 19.3. The molecule has 0 aliphatic heterocycles. The maximum absolute atomic E-state index is 6.35. The molecule has 8 rings (SSSR count). The Hall–Kier alpha value is -4.70. The van der Waals surface area contributed by atoms with Gasteiger partial charge >= 0.3 is 0 Å². The summed E-state index contributed by atoms with van der Waals surface area (Å²) >= 11 is 0. The van der Waals surface area contributed by atoms with Crippen LogP contribution in [0.15, 0.2) is 106 Å². The van der Waals surface area contributed by atoms with Crippen LogP contribution < -0.4 is 0 Å². The molecule has 8 aromatic rings. The molecule has 0 spiro atoms. The molecule has 0 fully saturated rings. The summed E-state index contributed by atoms with van der Waals surface area (Å²) in [6.45, 7) is 4.54. The second-order valence-corrected chi connectivity index (χ2v) is 14.3. The van der Waals surface area contributed by atoms with Crippen molar-refractivity contribution in [2.45, 2.75) is 104 Å². The Morgan fingerprint density at radius 1 is 0.360 bits per heavy atom. The van der Waals surface area contributed by atoms with Crippen LogP contribution in [0.1, 0.15) is 102 Å². The number of aryl methyl sites for hydroxylation is 2. The Bertz CT molecular complexity index is 2210. The van der Waals surface area contributed by atoms with Gasteiger partial charge in [-0.05, 0) is 81.6 Å². The fourth-order valence-electron chi connectivity index (χ4n) is 8.09. The monoisotopic (exact) mass is 662 g/mol. The summed E-state index contributed by atoms with van der Waals surface area (Å²) in [6, 6.07) is 31.3. The molecule has 0 saturated carbocycles. The molecule has 0 amide bonds. The number of hydrogen-bond acceptors (Lipinski definition) is 2. The third-order valence-electron chi connectivity index (χ3n) is 10.9. The van der Waals surface area contributed by atoms with E-state index in [4.69, 9.17) is 8.83 Å². The van der Waals surface area contributed by atoms with Gasteiger partial charge in [0.1, 0.15) is 11.5 Å². The number of aromatic nitrogens is 2. The van der Waals surface area contributed by atoms with Crippen LogP contribution in [0, 0.1) is 0 Å². The number of unbranched alkanes of at least 4 members (excludes halogenated alkanes) is 10. The second-order valence-electron chi connectivity index (χ2n) is 14.3. The summed E-state index contributed by atoms with van der Waals surface area (Å²) < 4.78 is 17.1. The van der Waals surface area contributed by atoms with E-state index in [-0.39, 0.29) is 0 Å². The van der Waals surface area contributed by atoms with E-state index in [2.05, 4.69) is 120 Å². The van der Waals surface area contributed by atoms with Crippen LogP contribution in [0.5, 0.6) is 0 Å². The number of hydrogen-bond donors (Lipinski definition) is 0. The van der Waals surface area contributed by atoms with E-state index in [9.17, 15) is 0 Å². The molecule has 0 atom stereocenters. The van der Waals surface area contributed by atoms with Crippen LogP contribution in [-0.4, -0.2) is 9.13 Å². The zero-order valence-corrected chi connectivity index (χ0v) is 29.8. The third kappa shape index (κ3) is 6.25. The van der Waals surface area contributed by atoms with Crippen LogP contribution in [0.3, 0.4) is 0 Å². The Kier molecular flexibility index (Phi) is 9.52. The van der Waals surface area contributed by atoms with Gasteiger partial charge in [0, 0.05) is 48.1 Å². The van der Waals surface area contributed by atoms with Gasteiger partial charge in [-0.1, -0.05) is 114 Å². The molecular formula is C46H50N2O2. The quantitative estimate of drug-likeness (QED) is 0.0762. The van der Waals surface area contributed by atoms with Gasteiger partial charge < -0.3 is 8.83 Å². The van der Waals surface area contributed by atoms with Crippen LogP contribution in [0.4, 0.5) is 0 Å². The number of rotatable bonds is 16. The first-order valence-electron chi connectivity index (χ1n) is 19.3. The van der Waals surface area contributed by atoms with Crippen molar-refractivity contribution in [2.24, 2.45) is 0 Å². The Morgan fingerprint density at radius 3 is 1.14 bits per heavy atom. The third-order valence-corrected chi connectivity index (χ3v) is 10.9. The molecule has 4 aromatic carbocycles. The number of furan rings is 2. The van der Waals surface area contributed by atoms with E-state index >= 15 is 0 Å². The van der Waals surface area contributed by atoms with Crippen LogP contribution in [0.2, 0.25) is 0 Å². The molecule has 0 unspecified atom stereocenters. The second kappa shape index (κ2) is 14.6. The standard InChI is InChI=1S/C46H50N2O2/c1-3-5-7-9-11-13-15-33-17-27-45(49-33)47-31-29-41-39-21-19-36-35(37(39)23-25-43(41)47)20-22-40-38(36)24-26-44-42(40)30-32-48(44)46-28-18-34(50-46)16-14-12-10-8-6-4-2/h17-32H,3-16H2,1-2H3. The minimum atomic E-state index is 0.895. The number of benzene rings is 4. The average molecular weight is 663 g/mol. The molecule has 0 saturated heterocycles. The van der Waals surface area contributed by atoms with Crippen molar-refractivity contribution in [1.82, 2.24) is 9.13 Å². The van der Waals surface area contributed by atoms with Crippen molar-refractivity contribution in [1.29, 1.82) is 0 Å². The van der Waals surface area contributed by atoms with E-state index in [1.807, 2.05) is 0 Å². The van der Waals surface area contributed by atoms with Gasteiger partial charge in [0.25, 0.3) is 0 Å². The van der Waals surface area contributed by atoms with Gasteiger partial charge in [-0.15, -0.1) is 0 Å². The Labute approximate surface area is 295 Å². The topological polar surface area (TPSA) is 36.1 Å². The normalized spacial score (nSPS) is 12.1. The molecule has 0 N–H and O–H groups in total. The first-order chi connectivity index (χ1) is 24.7. The summed E-state index contributed by atoms with van der Waals surface area (Å²) in [7, 11) is 0. The zero-order chi connectivity index (χ0) is 33.9. The predicted molar refractivity (Wildman–Crippen MR) is 211 cm³/mol. The number of fused-ring (bicyclic) bond motifs is 9. The minimum absolute atomic E-state index is 0.895. The Morgan fingerprint density at radius 2 is 0.720 bits per heavy atom. The fraction of sp³-hybridized carbons (Fsp3) is 0.348. The summed E-state index contributed by atoms with van der Waals surface area (Å²) in [5, 5.41) is 10.2. The van der Waals surface area contributed by atoms with E-state index in [0.29, 0.717) is 0 Å².